The van der Waals surface area contributed by atoms with E-state index >= 15 is 0 Å². The molecule has 1 aromatic heterocycles. The number of nitrogens with one attached hydrogen (secondary N) is 1. The number of aromatic nitrogens is 2. The monoisotopic (exact) mass is 233 g/mol. The first-order chi connectivity index (χ1) is 7.66. The number of anilines is 1. The summed E-state index contributed by atoms with van der Waals surface area (Å²) in [6.45, 7) is 3.37. The first kappa shape index (κ1) is 10.8. The van der Waals surface area contributed by atoms with E-state index in [0.717, 1.165) is 22.4 Å². The highest BCUT2D eigenvalue weighted by atomic mass is 32.1. The highest BCUT2D eigenvalue weighted by Gasteiger charge is 2.04. The van der Waals surface area contributed by atoms with Crippen LogP contribution in [0, 0.1) is 0 Å². The van der Waals surface area contributed by atoms with Crippen molar-refractivity contribution in [3.63, 3.8) is 0 Å². The average Bonchev–Trinajstić information content (AvgIpc) is 2.65. The second-order valence-electron chi connectivity index (χ2n) is 3.50. The van der Waals surface area contributed by atoms with E-state index in [-0.39, 0.29) is 5.78 Å². The molecule has 5 heteroatoms. The molecular formula is C11H11N3OS. The van der Waals surface area contributed by atoms with Gasteiger partial charge in [-0.1, -0.05) is 6.07 Å². The van der Waals surface area contributed by atoms with Crippen LogP contribution in [0.2, 0.25) is 0 Å². The number of hydrogen-bond donors (Lipinski definition) is 1. The van der Waals surface area contributed by atoms with E-state index in [4.69, 9.17) is 0 Å². The van der Waals surface area contributed by atoms with E-state index in [1.165, 1.54) is 18.7 Å². The first-order valence-electron chi connectivity index (χ1n) is 4.84. The minimum Gasteiger partial charge on any atom is -0.357 e. The molecule has 0 aliphatic rings. The zero-order valence-electron chi connectivity index (χ0n) is 9.02. The summed E-state index contributed by atoms with van der Waals surface area (Å²) in [6, 6.07) is 5.74. The highest BCUT2D eigenvalue weighted by molar-refractivity contribution is 7.00. The molecule has 0 amide bonds. The van der Waals surface area contributed by atoms with Crippen molar-refractivity contribution in [3.8, 4) is 0 Å². The normalized spacial score (nSPS) is 11.8. The smallest absolute Gasteiger partial charge is 0.154 e. The van der Waals surface area contributed by atoms with E-state index in [1.54, 1.807) is 6.08 Å². The molecule has 4 nitrogen and oxygen atoms in total. The maximum atomic E-state index is 10.9. The van der Waals surface area contributed by atoms with Gasteiger partial charge in [0.2, 0.25) is 0 Å². The second-order valence-corrected chi connectivity index (χ2v) is 4.03. The maximum Gasteiger partial charge on any atom is 0.154 e. The standard InChI is InChI=1S/C11H11N3OS/c1-7(6-8(2)15)12-9-4-3-5-10-11(9)14-16-13-10/h3-6,12H,1-2H3. The van der Waals surface area contributed by atoms with Gasteiger partial charge >= 0.3 is 0 Å². The Hall–Kier alpha value is -1.75. The number of benzene rings is 1. The van der Waals surface area contributed by atoms with E-state index in [0.29, 0.717) is 0 Å². The molecule has 0 saturated heterocycles. The number of nitrogens with zero attached hydrogens (tertiary/aromatic N) is 2. The fraction of sp³-hybridized carbons (Fsp3) is 0.182. The van der Waals surface area contributed by atoms with Gasteiger partial charge in [-0.15, -0.1) is 0 Å². The number of fused-ring (bicyclic) bond motifs is 1. The molecule has 16 heavy (non-hydrogen) atoms. The average molecular weight is 233 g/mol. The van der Waals surface area contributed by atoms with Crippen LogP contribution in [-0.2, 0) is 4.79 Å². The van der Waals surface area contributed by atoms with E-state index in [2.05, 4.69) is 14.1 Å². The lowest BCUT2D eigenvalue weighted by atomic mass is 10.2. The molecule has 0 fully saturated rings. The van der Waals surface area contributed by atoms with Crippen LogP contribution in [-0.4, -0.2) is 14.5 Å². The summed E-state index contributed by atoms with van der Waals surface area (Å²) in [4.78, 5) is 10.9. The number of allylic oxidation sites excluding steroid dienone is 2. The van der Waals surface area contributed by atoms with Crippen molar-refractivity contribution < 1.29 is 4.79 Å². The molecule has 0 spiro atoms. The molecule has 1 heterocycles. The fourth-order valence-corrected chi connectivity index (χ4v) is 2.01. The van der Waals surface area contributed by atoms with Crippen LogP contribution in [0.1, 0.15) is 13.8 Å². The van der Waals surface area contributed by atoms with Crippen LogP contribution in [0.15, 0.2) is 30.0 Å². The van der Waals surface area contributed by atoms with Gasteiger partial charge < -0.3 is 5.32 Å². The predicted octanol–water partition coefficient (Wildman–Crippen LogP) is 2.60. The summed E-state index contributed by atoms with van der Waals surface area (Å²) in [5.74, 6) is 0.0218. The SMILES string of the molecule is CC(=O)C=C(C)Nc1cccc2nsnc12. The maximum absolute atomic E-state index is 10.9. The fourth-order valence-electron chi connectivity index (χ4n) is 1.46. The lowest BCUT2D eigenvalue weighted by Gasteiger charge is -2.05. The molecule has 0 aliphatic heterocycles. The van der Waals surface area contributed by atoms with Crippen molar-refractivity contribution in [1.29, 1.82) is 0 Å². The minimum absolute atomic E-state index is 0.0218. The zero-order valence-corrected chi connectivity index (χ0v) is 9.84. The molecule has 2 aromatic rings. The molecule has 2 rings (SSSR count). The first-order valence-corrected chi connectivity index (χ1v) is 5.57. The van der Waals surface area contributed by atoms with Crippen LogP contribution >= 0.6 is 11.7 Å². The molecular weight excluding hydrogens is 222 g/mol. The molecule has 82 valence electrons. The third-order valence-electron chi connectivity index (χ3n) is 2.04. The van der Waals surface area contributed by atoms with Crippen LogP contribution < -0.4 is 5.32 Å². The third-order valence-corrected chi connectivity index (χ3v) is 2.58. The molecule has 0 saturated carbocycles. The van der Waals surface area contributed by atoms with Crippen LogP contribution in [0.25, 0.3) is 11.0 Å². The number of carbonyl (C=O) groups excluding carboxylic acids is 1. The summed E-state index contributed by atoms with van der Waals surface area (Å²) in [5, 5.41) is 3.15. The van der Waals surface area contributed by atoms with Gasteiger partial charge in [-0.05, 0) is 32.1 Å². The van der Waals surface area contributed by atoms with Gasteiger partial charge in [0.25, 0.3) is 0 Å². The Labute approximate surface area is 97.3 Å². The summed E-state index contributed by atoms with van der Waals surface area (Å²) in [7, 11) is 0. The lowest BCUT2D eigenvalue weighted by molar-refractivity contribution is -0.112. The Bertz CT molecular complexity index is 559. The van der Waals surface area contributed by atoms with Crippen LogP contribution in [0.4, 0.5) is 5.69 Å². The van der Waals surface area contributed by atoms with Crippen molar-refractivity contribution in [2.24, 2.45) is 0 Å². The summed E-state index contributed by atoms with van der Waals surface area (Å²) < 4.78 is 8.36. The molecule has 1 aromatic carbocycles. The van der Waals surface area contributed by atoms with E-state index < -0.39 is 0 Å². The lowest BCUT2D eigenvalue weighted by Crippen LogP contribution is -1.98. The van der Waals surface area contributed by atoms with Crippen LogP contribution in [0.5, 0.6) is 0 Å². The summed E-state index contributed by atoms with van der Waals surface area (Å²) >= 11 is 1.18. The Morgan fingerprint density at radius 3 is 2.94 bits per heavy atom. The number of carbonyl (C=O) groups is 1. The van der Waals surface area contributed by atoms with Crippen molar-refractivity contribution >= 4 is 34.2 Å². The van der Waals surface area contributed by atoms with Gasteiger partial charge in [0.15, 0.2) is 5.78 Å². The number of hydrogen-bond acceptors (Lipinski definition) is 5. The summed E-state index contributed by atoms with van der Waals surface area (Å²) in [6.07, 6.45) is 1.55. The van der Waals surface area contributed by atoms with Gasteiger partial charge in [0, 0.05) is 5.70 Å². The molecule has 0 atom stereocenters. The van der Waals surface area contributed by atoms with Gasteiger partial charge in [-0.3, -0.25) is 4.79 Å². The Kier molecular flexibility index (Phi) is 2.96. The Morgan fingerprint density at radius 1 is 1.38 bits per heavy atom. The molecule has 0 radical (unpaired) electrons. The largest absolute Gasteiger partial charge is 0.357 e. The van der Waals surface area contributed by atoms with E-state index in [9.17, 15) is 4.79 Å². The highest BCUT2D eigenvalue weighted by Crippen LogP contribution is 2.22. The number of rotatable bonds is 3. The van der Waals surface area contributed by atoms with Gasteiger partial charge in [0.1, 0.15) is 11.0 Å². The molecule has 1 N–H and O–H groups in total. The Balaban J connectivity index is 2.34. The minimum atomic E-state index is 0.0218. The molecule has 0 aliphatic carbocycles. The Morgan fingerprint density at radius 2 is 2.19 bits per heavy atom. The second kappa shape index (κ2) is 4.40. The topological polar surface area (TPSA) is 54.9 Å². The number of ketones is 1. The summed E-state index contributed by atoms with van der Waals surface area (Å²) in [5.41, 5.74) is 3.38. The van der Waals surface area contributed by atoms with Gasteiger partial charge in [0.05, 0.1) is 17.4 Å². The van der Waals surface area contributed by atoms with E-state index in [1.807, 2.05) is 25.1 Å². The third kappa shape index (κ3) is 2.25. The van der Waals surface area contributed by atoms with Gasteiger partial charge in [-0.25, -0.2) is 0 Å². The van der Waals surface area contributed by atoms with Crippen molar-refractivity contribution in [3.05, 3.63) is 30.0 Å². The van der Waals surface area contributed by atoms with Gasteiger partial charge in [-0.2, -0.15) is 8.75 Å². The quantitative estimate of drug-likeness (QED) is 0.828. The zero-order chi connectivity index (χ0) is 11.5. The van der Waals surface area contributed by atoms with Crippen molar-refractivity contribution in [2.45, 2.75) is 13.8 Å². The molecule has 0 bridgehead atoms. The molecule has 0 unspecified atom stereocenters. The van der Waals surface area contributed by atoms with Crippen molar-refractivity contribution in [1.82, 2.24) is 8.75 Å². The predicted molar refractivity (Wildman–Crippen MR) is 65.5 cm³/mol. The van der Waals surface area contributed by atoms with Crippen molar-refractivity contribution in [2.75, 3.05) is 5.32 Å². The van der Waals surface area contributed by atoms with Crippen LogP contribution in [0.3, 0.4) is 0 Å².